The minimum absolute atomic E-state index is 0.199. The van der Waals surface area contributed by atoms with Gasteiger partial charge in [0.1, 0.15) is 18.3 Å². The number of nitrogens with zero attached hydrogens (tertiary/aromatic N) is 4. The maximum atomic E-state index is 12.5. The Balaban J connectivity index is 1.63. The zero-order chi connectivity index (χ0) is 19.4. The van der Waals surface area contributed by atoms with Crippen LogP contribution >= 0.6 is 11.6 Å². The fraction of sp³-hybridized carbons (Fsp3) is 0.333. The maximum absolute atomic E-state index is 12.5. The van der Waals surface area contributed by atoms with Crippen molar-refractivity contribution in [3.05, 3.63) is 47.3 Å². The van der Waals surface area contributed by atoms with Gasteiger partial charge in [-0.15, -0.1) is 5.10 Å². The lowest BCUT2D eigenvalue weighted by Gasteiger charge is -2.22. The molecular weight excluding hydrogens is 370 g/mol. The van der Waals surface area contributed by atoms with Crippen molar-refractivity contribution < 1.29 is 14.3 Å². The molecule has 1 aliphatic rings. The number of hydrogen-bond acceptors (Lipinski definition) is 5. The Morgan fingerprint density at radius 2 is 2.19 bits per heavy atom. The van der Waals surface area contributed by atoms with E-state index in [0.29, 0.717) is 16.4 Å². The second-order valence-electron chi connectivity index (χ2n) is 6.12. The molecule has 27 heavy (non-hydrogen) atoms. The Kier molecular flexibility index (Phi) is 5.75. The number of ether oxygens (including phenoxy) is 1. The number of halogens is 1. The zero-order valence-corrected chi connectivity index (χ0v) is 15.8. The van der Waals surface area contributed by atoms with Crippen molar-refractivity contribution in [3.63, 3.8) is 0 Å². The van der Waals surface area contributed by atoms with Gasteiger partial charge in [-0.25, -0.2) is 9.48 Å². The van der Waals surface area contributed by atoms with Crippen molar-refractivity contribution in [2.45, 2.75) is 25.9 Å². The van der Waals surface area contributed by atoms with Crippen molar-refractivity contribution in [1.29, 1.82) is 0 Å². The molecule has 2 unspecified atom stereocenters. The van der Waals surface area contributed by atoms with Crippen molar-refractivity contribution in [2.24, 2.45) is 0 Å². The largest absolute Gasteiger partial charge is 0.447 e. The minimum Gasteiger partial charge on any atom is -0.447 e. The van der Waals surface area contributed by atoms with Gasteiger partial charge in [0, 0.05) is 17.3 Å². The fourth-order valence-electron chi connectivity index (χ4n) is 2.74. The van der Waals surface area contributed by atoms with Gasteiger partial charge >= 0.3 is 6.09 Å². The van der Waals surface area contributed by atoms with Crippen LogP contribution in [0.5, 0.6) is 0 Å². The lowest BCUT2D eigenvalue weighted by Crippen LogP contribution is -2.44. The number of allylic oxidation sites excluding steroid dienone is 1. The number of hydrogen-bond donors (Lipinski definition) is 1. The van der Waals surface area contributed by atoms with E-state index in [1.807, 2.05) is 13.0 Å². The highest BCUT2D eigenvalue weighted by Gasteiger charge is 2.34. The van der Waals surface area contributed by atoms with E-state index >= 15 is 0 Å². The van der Waals surface area contributed by atoms with Crippen LogP contribution in [0.15, 0.2) is 36.5 Å². The fourth-order valence-corrected chi connectivity index (χ4v) is 2.87. The van der Waals surface area contributed by atoms with Crippen LogP contribution in [0.2, 0.25) is 5.02 Å². The first-order chi connectivity index (χ1) is 13.0. The SMILES string of the molecule is C/C=C/c1cn(C(C)C(=O)NCC2COC(=O)N2c2ccc(Cl)cc2)nn1. The van der Waals surface area contributed by atoms with E-state index in [9.17, 15) is 9.59 Å². The van der Waals surface area contributed by atoms with Gasteiger partial charge in [-0.3, -0.25) is 9.69 Å². The van der Waals surface area contributed by atoms with Crippen LogP contribution in [-0.2, 0) is 9.53 Å². The van der Waals surface area contributed by atoms with E-state index in [4.69, 9.17) is 16.3 Å². The molecule has 0 aliphatic carbocycles. The molecule has 8 nitrogen and oxygen atoms in total. The molecular formula is C18H20ClN5O3. The Morgan fingerprint density at radius 3 is 2.89 bits per heavy atom. The quantitative estimate of drug-likeness (QED) is 0.820. The molecule has 1 aromatic carbocycles. The predicted molar refractivity (Wildman–Crippen MR) is 102 cm³/mol. The van der Waals surface area contributed by atoms with Crippen LogP contribution in [0, 0.1) is 0 Å². The summed E-state index contributed by atoms with van der Waals surface area (Å²) in [7, 11) is 0. The van der Waals surface area contributed by atoms with Crippen molar-refractivity contribution in [2.75, 3.05) is 18.1 Å². The van der Waals surface area contributed by atoms with Gasteiger partial charge in [-0.05, 0) is 44.2 Å². The molecule has 0 saturated carbocycles. The summed E-state index contributed by atoms with van der Waals surface area (Å²) in [6, 6.07) is 6.05. The third-order valence-electron chi connectivity index (χ3n) is 4.22. The lowest BCUT2D eigenvalue weighted by atomic mass is 10.2. The van der Waals surface area contributed by atoms with E-state index in [1.165, 1.54) is 9.58 Å². The minimum atomic E-state index is -0.529. The van der Waals surface area contributed by atoms with Gasteiger partial charge < -0.3 is 10.1 Å². The van der Waals surface area contributed by atoms with Crippen LogP contribution in [-0.4, -0.2) is 46.2 Å². The molecule has 3 rings (SSSR count). The van der Waals surface area contributed by atoms with Crippen LogP contribution in [0.25, 0.3) is 6.08 Å². The number of rotatable bonds is 6. The molecule has 2 amide bonds. The van der Waals surface area contributed by atoms with Gasteiger partial charge in [0.2, 0.25) is 5.91 Å². The highest BCUT2D eigenvalue weighted by atomic mass is 35.5. The number of anilines is 1. The van der Waals surface area contributed by atoms with Gasteiger partial charge in [0.25, 0.3) is 0 Å². The molecule has 2 atom stereocenters. The Hall–Kier alpha value is -2.87. The predicted octanol–water partition coefficient (Wildman–Crippen LogP) is 2.67. The van der Waals surface area contributed by atoms with E-state index in [2.05, 4.69) is 15.6 Å². The van der Waals surface area contributed by atoms with E-state index < -0.39 is 12.1 Å². The summed E-state index contributed by atoms with van der Waals surface area (Å²) < 4.78 is 6.64. The second-order valence-corrected chi connectivity index (χ2v) is 6.56. The summed E-state index contributed by atoms with van der Waals surface area (Å²) in [4.78, 5) is 26.0. The number of nitrogens with one attached hydrogen (secondary N) is 1. The first kappa shape index (κ1) is 18.9. The Bertz CT molecular complexity index is 849. The van der Waals surface area contributed by atoms with Crippen molar-refractivity contribution in [3.8, 4) is 0 Å². The molecule has 1 aromatic heterocycles. The van der Waals surface area contributed by atoms with Crippen molar-refractivity contribution in [1.82, 2.24) is 20.3 Å². The highest BCUT2D eigenvalue weighted by Crippen LogP contribution is 2.24. The highest BCUT2D eigenvalue weighted by molar-refractivity contribution is 6.30. The molecule has 2 heterocycles. The standard InChI is InChI=1S/C18H20ClN5O3/c1-3-4-14-10-23(22-21-14)12(2)17(25)20-9-16-11-27-18(26)24(16)15-7-5-13(19)6-8-15/h3-8,10,12,16H,9,11H2,1-2H3,(H,20,25)/b4-3+. The number of benzene rings is 1. The van der Waals surface area contributed by atoms with Gasteiger partial charge in [0.05, 0.1) is 12.2 Å². The monoisotopic (exact) mass is 389 g/mol. The molecule has 1 N–H and O–H groups in total. The van der Waals surface area contributed by atoms with Crippen LogP contribution in [0.1, 0.15) is 25.6 Å². The maximum Gasteiger partial charge on any atom is 0.414 e. The number of carbonyl (C=O) groups excluding carboxylic acids is 2. The zero-order valence-electron chi connectivity index (χ0n) is 15.0. The molecule has 2 aromatic rings. The topological polar surface area (TPSA) is 89.4 Å². The Morgan fingerprint density at radius 1 is 1.44 bits per heavy atom. The van der Waals surface area contributed by atoms with Crippen LogP contribution < -0.4 is 10.2 Å². The number of aromatic nitrogens is 3. The summed E-state index contributed by atoms with van der Waals surface area (Å²) in [5, 5.41) is 11.4. The second kappa shape index (κ2) is 8.22. The smallest absolute Gasteiger partial charge is 0.414 e. The van der Waals surface area contributed by atoms with Crippen molar-refractivity contribution >= 4 is 35.4 Å². The van der Waals surface area contributed by atoms with Gasteiger partial charge in [0.15, 0.2) is 0 Å². The van der Waals surface area contributed by atoms with Crippen LogP contribution in [0.4, 0.5) is 10.5 Å². The van der Waals surface area contributed by atoms with E-state index in [-0.39, 0.29) is 25.1 Å². The molecule has 1 aliphatic heterocycles. The average molecular weight is 390 g/mol. The first-order valence-corrected chi connectivity index (χ1v) is 8.91. The average Bonchev–Trinajstić information content (AvgIpc) is 3.27. The number of carbonyl (C=O) groups is 2. The molecule has 1 fully saturated rings. The van der Waals surface area contributed by atoms with Gasteiger partial charge in [-0.1, -0.05) is 22.9 Å². The molecule has 0 bridgehead atoms. The van der Waals surface area contributed by atoms with Gasteiger partial charge in [-0.2, -0.15) is 0 Å². The molecule has 1 saturated heterocycles. The summed E-state index contributed by atoms with van der Waals surface area (Å²) in [6.07, 6.45) is 4.91. The Labute approximate surface area is 161 Å². The molecule has 142 valence electrons. The summed E-state index contributed by atoms with van der Waals surface area (Å²) in [5.74, 6) is -0.220. The van der Waals surface area contributed by atoms with E-state index in [0.717, 1.165) is 0 Å². The molecule has 0 spiro atoms. The molecule has 0 radical (unpaired) electrons. The van der Waals surface area contributed by atoms with Crippen LogP contribution in [0.3, 0.4) is 0 Å². The molecule has 9 heteroatoms. The summed E-state index contributed by atoms with van der Waals surface area (Å²) in [5.41, 5.74) is 1.35. The summed E-state index contributed by atoms with van der Waals surface area (Å²) in [6.45, 7) is 4.07. The lowest BCUT2D eigenvalue weighted by molar-refractivity contribution is -0.124. The number of cyclic esters (lactones) is 1. The third kappa shape index (κ3) is 4.28. The summed E-state index contributed by atoms with van der Waals surface area (Å²) >= 11 is 5.90. The first-order valence-electron chi connectivity index (χ1n) is 8.53. The number of amides is 2. The normalized spacial score (nSPS) is 18.0. The third-order valence-corrected chi connectivity index (χ3v) is 4.47. The van der Waals surface area contributed by atoms with E-state index in [1.54, 1.807) is 43.5 Å².